The first-order chi connectivity index (χ1) is 9.58. The van der Waals surface area contributed by atoms with Gasteiger partial charge in [0.25, 0.3) is 0 Å². The van der Waals surface area contributed by atoms with E-state index in [-0.39, 0.29) is 0 Å². The first kappa shape index (κ1) is 14.3. The number of benzene rings is 1. The summed E-state index contributed by atoms with van der Waals surface area (Å²) in [6, 6.07) is 7.89. The molecular weight excluding hydrogens is 254 g/mol. The van der Waals surface area contributed by atoms with Crippen LogP contribution in [0.15, 0.2) is 38.6 Å². The van der Waals surface area contributed by atoms with Crippen LogP contribution in [0, 0.1) is 6.92 Å². The van der Waals surface area contributed by atoms with E-state index in [2.05, 4.69) is 10.1 Å². The van der Waals surface area contributed by atoms with Crippen molar-refractivity contribution in [3.63, 3.8) is 0 Å². The van der Waals surface area contributed by atoms with E-state index in [1.807, 2.05) is 50.2 Å². The van der Waals surface area contributed by atoms with Gasteiger partial charge in [-0.25, -0.2) is 9.95 Å². The predicted octanol–water partition coefficient (Wildman–Crippen LogP) is 1.92. The van der Waals surface area contributed by atoms with Gasteiger partial charge in [0.1, 0.15) is 5.56 Å². The molecule has 0 aliphatic rings. The molecule has 0 amide bonds. The van der Waals surface area contributed by atoms with Crippen molar-refractivity contribution < 1.29 is 4.52 Å². The smallest absolute Gasteiger partial charge is 0.338 e. The number of aromatic nitrogens is 1. The molecule has 0 saturated carbocycles. The standard InChI is InChI=1S/C15H19N3O2/c1-11-5-4-6-12(9-11)14-13(15(19)20-17-14)10-16-7-8-18(2)3/h4-6,9-10,17H,7-8H2,1-3H3. The molecule has 1 heterocycles. The molecule has 0 bridgehead atoms. The molecule has 0 atom stereocenters. The lowest BCUT2D eigenvalue weighted by molar-refractivity contribution is 0.393. The fraction of sp³-hybridized carbons (Fsp3) is 0.333. The molecular formula is C15H19N3O2. The van der Waals surface area contributed by atoms with Crippen LogP contribution in [-0.2, 0) is 0 Å². The Labute approximate surface area is 117 Å². The van der Waals surface area contributed by atoms with Gasteiger partial charge >= 0.3 is 5.63 Å². The molecule has 0 aliphatic heterocycles. The summed E-state index contributed by atoms with van der Waals surface area (Å²) in [5, 5.41) is 2.68. The molecule has 1 aromatic heterocycles. The highest BCUT2D eigenvalue weighted by Gasteiger charge is 2.11. The van der Waals surface area contributed by atoms with Crippen molar-refractivity contribution in [1.29, 1.82) is 0 Å². The average molecular weight is 273 g/mol. The van der Waals surface area contributed by atoms with Crippen molar-refractivity contribution in [1.82, 2.24) is 10.1 Å². The third-order valence-electron chi connectivity index (χ3n) is 2.94. The number of likely N-dealkylation sites (N-methyl/N-ethyl adjacent to an activating group) is 1. The summed E-state index contributed by atoms with van der Waals surface area (Å²) in [4.78, 5) is 18.0. The van der Waals surface area contributed by atoms with E-state index < -0.39 is 5.63 Å². The zero-order chi connectivity index (χ0) is 14.5. The Morgan fingerprint density at radius 3 is 2.90 bits per heavy atom. The van der Waals surface area contributed by atoms with E-state index in [0.29, 0.717) is 17.8 Å². The van der Waals surface area contributed by atoms with Crippen LogP contribution in [0.4, 0.5) is 0 Å². The maximum Gasteiger partial charge on any atom is 0.366 e. The number of nitrogens with zero attached hydrogens (tertiary/aromatic N) is 2. The van der Waals surface area contributed by atoms with Crippen molar-refractivity contribution in [2.45, 2.75) is 6.92 Å². The van der Waals surface area contributed by atoms with Crippen LogP contribution in [0.3, 0.4) is 0 Å². The number of aryl methyl sites for hydroxylation is 1. The average Bonchev–Trinajstić information content (AvgIpc) is 2.76. The summed E-state index contributed by atoms with van der Waals surface area (Å²) in [5.74, 6) is 0. The van der Waals surface area contributed by atoms with Gasteiger partial charge in [0, 0.05) is 18.3 Å². The normalized spacial score (nSPS) is 11.6. The number of aliphatic imine (C=N–C) groups is 1. The summed E-state index contributed by atoms with van der Waals surface area (Å²) in [6.07, 6.45) is 1.59. The molecule has 5 heteroatoms. The summed E-state index contributed by atoms with van der Waals surface area (Å²) >= 11 is 0. The van der Waals surface area contributed by atoms with Gasteiger partial charge in [0.05, 0.1) is 12.2 Å². The fourth-order valence-corrected chi connectivity index (χ4v) is 1.86. The predicted molar refractivity (Wildman–Crippen MR) is 80.5 cm³/mol. The fourth-order valence-electron chi connectivity index (χ4n) is 1.86. The second-order valence-electron chi connectivity index (χ2n) is 4.99. The number of rotatable bonds is 5. The van der Waals surface area contributed by atoms with E-state index in [1.54, 1.807) is 6.21 Å². The van der Waals surface area contributed by atoms with Crippen molar-refractivity contribution in [2.24, 2.45) is 4.99 Å². The Balaban J connectivity index is 2.26. The minimum Gasteiger partial charge on any atom is -0.338 e. The number of nitrogens with one attached hydrogen (secondary N) is 1. The largest absolute Gasteiger partial charge is 0.366 e. The Morgan fingerprint density at radius 1 is 1.40 bits per heavy atom. The van der Waals surface area contributed by atoms with E-state index in [0.717, 1.165) is 17.7 Å². The van der Waals surface area contributed by atoms with Gasteiger partial charge in [-0.3, -0.25) is 4.99 Å². The zero-order valence-corrected chi connectivity index (χ0v) is 12.0. The molecule has 1 aromatic carbocycles. The molecule has 20 heavy (non-hydrogen) atoms. The van der Waals surface area contributed by atoms with Gasteiger partial charge in [0.2, 0.25) is 0 Å². The number of hydrogen-bond donors (Lipinski definition) is 1. The molecule has 1 N–H and O–H groups in total. The van der Waals surface area contributed by atoms with Crippen LogP contribution < -0.4 is 5.63 Å². The summed E-state index contributed by atoms with van der Waals surface area (Å²) in [6.45, 7) is 3.49. The molecule has 2 rings (SSSR count). The quantitative estimate of drug-likeness (QED) is 0.847. The Bertz CT molecular complexity index is 653. The molecule has 0 radical (unpaired) electrons. The lowest BCUT2D eigenvalue weighted by Gasteiger charge is -2.05. The SMILES string of the molecule is Cc1cccc(-c2[nH]oc(=O)c2C=NCCN(C)C)c1. The Morgan fingerprint density at radius 2 is 2.20 bits per heavy atom. The minimum absolute atomic E-state index is 0.393. The highest BCUT2D eigenvalue weighted by Crippen LogP contribution is 2.19. The topological polar surface area (TPSA) is 61.6 Å². The second kappa shape index (κ2) is 6.34. The molecule has 0 unspecified atom stereocenters. The van der Waals surface area contributed by atoms with Crippen LogP contribution in [0.2, 0.25) is 0 Å². The monoisotopic (exact) mass is 273 g/mol. The third kappa shape index (κ3) is 3.45. The highest BCUT2D eigenvalue weighted by molar-refractivity contribution is 5.88. The number of H-pyrrole nitrogens is 1. The lowest BCUT2D eigenvalue weighted by atomic mass is 10.1. The maximum absolute atomic E-state index is 11.7. The van der Waals surface area contributed by atoms with E-state index in [1.165, 1.54) is 0 Å². The van der Waals surface area contributed by atoms with E-state index in [4.69, 9.17) is 4.52 Å². The van der Waals surface area contributed by atoms with Crippen LogP contribution in [0.1, 0.15) is 11.1 Å². The van der Waals surface area contributed by atoms with Crippen molar-refractivity contribution >= 4 is 6.21 Å². The Hall–Kier alpha value is -2.14. The lowest BCUT2D eigenvalue weighted by Crippen LogP contribution is -2.15. The van der Waals surface area contributed by atoms with Gasteiger partial charge in [-0.15, -0.1) is 0 Å². The summed E-state index contributed by atoms with van der Waals surface area (Å²) in [7, 11) is 3.97. The molecule has 0 saturated heterocycles. The van der Waals surface area contributed by atoms with Gasteiger partial charge < -0.3 is 9.42 Å². The van der Waals surface area contributed by atoms with Crippen LogP contribution >= 0.6 is 0 Å². The minimum atomic E-state index is -0.393. The van der Waals surface area contributed by atoms with Crippen LogP contribution in [0.25, 0.3) is 11.3 Å². The number of hydrogen-bond acceptors (Lipinski definition) is 4. The van der Waals surface area contributed by atoms with Gasteiger partial charge in [-0.2, -0.15) is 0 Å². The van der Waals surface area contributed by atoms with Crippen LogP contribution in [-0.4, -0.2) is 43.5 Å². The first-order valence-electron chi connectivity index (χ1n) is 6.51. The second-order valence-corrected chi connectivity index (χ2v) is 4.99. The Kier molecular flexibility index (Phi) is 4.53. The molecule has 2 aromatic rings. The number of aromatic amines is 1. The van der Waals surface area contributed by atoms with Crippen molar-refractivity contribution in [3.05, 3.63) is 45.8 Å². The van der Waals surface area contributed by atoms with E-state index in [9.17, 15) is 4.79 Å². The molecule has 106 valence electrons. The van der Waals surface area contributed by atoms with Gasteiger partial charge in [0.15, 0.2) is 0 Å². The van der Waals surface area contributed by atoms with Gasteiger partial charge in [-0.1, -0.05) is 23.8 Å². The van der Waals surface area contributed by atoms with E-state index >= 15 is 0 Å². The van der Waals surface area contributed by atoms with Gasteiger partial charge in [-0.05, 0) is 27.1 Å². The first-order valence-corrected chi connectivity index (χ1v) is 6.51. The molecule has 0 aliphatic carbocycles. The maximum atomic E-state index is 11.7. The van der Waals surface area contributed by atoms with Crippen molar-refractivity contribution in [2.75, 3.05) is 27.2 Å². The highest BCUT2D eigenvalue weighted by atomic mass is 16.5. The summed E-state index contributed by atoms with van der Waals surface area (Å²) < 4.78 is 4.89. The molecule has 0 spiro atoms. The zero-order valence-electron chi connectivity index (χ0n) is 12.0. The van der Waals surface area contributed by atoms with Crippen LogP contribution in [0.5, 0.6) is 0 Å². The molecule has 0 fully saturated rings. The van der Waals surface area contributed by atoms with Crippen molar-refractivity contribution in [3.8, 4) is 11.3 Å². The third-order valence-corrected chi connectivity index (χ3v) is 2.94. The molecule has 5 nitrogen and oxygen atoms in total. The summed E-state index contributed by atoms with van der Waals surface area (Å²) in [5.41, 5.74) is 2.79.